The van der Waals surface area contributed by atoms with E-state index in [0.717, 1.165) is 31.2 Å². The van der Waals surface area contributed by atoms with E-state index in [9.17, 15) is 23.2 Å². The zero-order chi connectivity index (χ0) is 25.4. The van der Waals surface area contributed by atoms with Crippen LogP contribution in [0.1, 0.15) is 38.2 Å². The SMILES string of the molecule is C[C@@H](OC(=O)Nc1ccc(-c2c(C#N)c3ccc(OCC(F)(F)F)cc3n2CC2CC2)cc1)C1CC1. The average molecular weight is 498 g/mol. The zero-order valence-electron chi connectivity index (χ0n) is 19.8. The van der Waals surface area contributed by atoms with E-state index in [4.69, 9.17) is 9.47 Å². The summed E-state index contributed by atoms with van der Waals surface area (Å²) in [4.78, 5) is 12.2. The van der Waals surface area contributed by atoms with Crippen molar-refractivity contribution in [3.63, 3.8) is 0 Å². The number of nitrogens with zero attached hydrogens (tertiary/aromatic N) is 2. The third-order valence-electron chi connectivity index (χ3n) is 6.67. The number of ether oxygens (including phenoxy) is 2. The van der Waals surface area contributed by atoms with Crippen molar-refractivity contribution in [1.29, 1.82) is 5.26 Å². The van der Waals surface area contributed by atoms with E-state index < -0.39 is 18.9 Å². The third-order valence-corrected chi connectivity index (χ3v) is 6.67. The minimum absolute atomic E-state index is 0.101. The van der Waals surface area contributed by atoms with Crippen LogP contribution in [0.3, 0.4) is 0 Å². The van der Waals surface area contributed by atoms with Gasteiger partial charge in [-0.3, -0.25) is 5.32 Å². The van der Waals surface area contributed by atoms with E-state index in [1.807, 2.05) is 23.6 Å². The van der Waals surface area contributed by atoms with Gasteiger partial charge >= 0.3 is 12.3 Å². The van der Waals surface area contributed by atoms with Crippen molar-refractivity contribution >= 4 is 22.7 Å². The quantitative estimate of drug-likeness (QED) is 0.368. The second-order valence-corrected chi connectivity index (χ2v) is 9.62. The maximum atomic E-state index is 12.7. The van der Waals surface area contributed by atoms with Gasteiger partial charge in [0.05, 0.1) is 16.8 Å². The molecule has 0 bridgehead atoms. The average Bonchev–Trinajstić information content (AvgIpc) is 3.75. The van der Waals surface area contributed by atoms with Crippen LogP contribution >= 0.6 is 0 Å². The molecule has 1 N–H and O–H groups in total. The van der Waals surface area contributed by atoms with Gasteiger partial charge in [-0.1, -0.05) is 12.1 Å². The van der Waals surface area contributed by atoms with Crippen LogP contribution in [0.4, 0.5) is 23.7 Å². The van der Waals surface area contributed by atoms with Gasteiger partial charge in [-0.15, -0.1) is 0 Å². The molecule has 0 aliphatic heterocycles. The predicted molar refractivity (Wildman–Crippen MR) is 129 cm³/mol. The summed E-state index contributed by atoms with van der Waals surface area (Å²) >= 11 is 0. The van der Waals surface area contributed by atoms with E-state index in [0.29, 0.717) is 46.2 Å². The monoisotopic (exact) mass is 497 g/mol. The molecular formula is C27H26F3N3O3. The third kappa shape index (κ3) is 5.43. The zero-order valence-corrected chi connectivity index (χ0v) is 19.8. The number of nitriles is 1. The topological polar surface area (TPSA) is 76.3 Å². The normalized spacial score (nSPS) is 16.4. The number of rotatable bonds is 8. The summed E-state index contributed by atoms with van der Waals surface area (Å²) in [7, 11) is 0. The van der Waals surface area contributed by atoms with E-state index in [1.54, 1.807) is 24.3 Å². The van der Waals surface area contributed by atoms with Crippen LogP contribution in [0, 0.1) is 23.2 Å². The lowest BCUT2D eigenvalue weighted by atomic mass is 10.1. The molecule has 2 aromatic carbocycles. The first-order valence-corrected chi connectivity index (χ1v) is 12.1. The van der Waals surface area contributed by atoms with Crippen LogP contribution in [0.5, 0.6) is 5.75 Å². The highest BCUT2D eigenvalue weighted by molar-refractivity contribution is 5.95. The molecule has 36 heavy (non-hydrogen) atoms. The van der Waals surface area contributed by atoms with Gasteiger partial charge in [0.1, 0.15) is 17.9 Å². The first kappa shape index (κ1) is 24.0. The van der Waals surface area contributed by atoms with Crippen molar-refractivity contribution in [3.05, 3.63) is 48.0 Å². The fourth-order valence-electron chi connectivity index (χ4n) is 4.44. The number of carbonyl (C=O) groups is 1. The van der Waals surface area contributed by atoms with Crippen LogP contribution in [-0.4, -0.2) is 29.5 Å². The smallest absolute Gasteiger partial charge is 0.422 e. The lowest BCUT2D eigenvalue weighted by molar-refractivity contribution is -0.153. The number of alkyl halides is 3. The minimum Gasteiger partial charge on any atom is -0.484 e. The number of benzene rings is 2. The molecule has 2 saturated carbocycles. The molecule has 1 heterocycles. The summed E-state index contributed by atoms with van der Waals surface area (Å²) in [6, 6.07) is 14.1. The highest BCUT2D eigenvalue weighted by atomic mass is 19.4. The number of amides is 1. The van der Waals surface area contributed by atoms with Crippen LogP contribution in [0.15, 0.2) is 42.5 Å². The molecule has 2 fully saturated rings. The Hall–Kier alpha value is -3.67. The number of hydrogen-bond donors (Lipinski definition) is 1. The summed E-state index contributed by atoms with van der Waals surface area (Å²) in [5, 5.41) is 13.4. The van der Waals surface area contributed by atoms with E-state index in [2.05, 4.69) is 11.4 Å². The van der Waals surface area contributed by atoms with Crippen LogP contribution in [-0.2, 0) is 11.3 Å². The van der Waals surface area contributed by atoms with Crippen LogP contribution in [0.2, 0.25) is 0 Å². The van der Waals surface area contributed by atoms with Crippen molar-refractivity contribution in [3.8, 4) is 23.1 Å². The van der Waals surface area contributed by atoms with Crippen molar-refractivity contribution in [2.75, 3.05) is 11.9 Å². The molecule has 0 unspecified atom stereocenters. The number of fused-ring (bicyclic) bond motifs is 1. The molecule has 0 radical (unpaired) electrons. The predicted octanol–water partition coefficient (Wildman–Crippen LogP) is 6.88. The second kappa shape index (κ2) is 9.41. The molecule has 1 aromatic heterocycles. The van der Waals surface area contributed by atoms with Crippen molar-refractivity contribution in [1.82, 2.24) is 4.57 Å². The van der Waals surface area contributed by atoms with Gasteiger partial charge in [0.25, 0.3) is 0 Å². The summed E-state index contributed by atoms with van der Waals surface area (Å²) in [6.07, 6.45) is -0.777. The maximum absolute atomic E-state index is 12.7. The first-order chi connectivity index (χ1) is 17.2. The Morgan fingerprint density at radius 1 is 1.17 bits per heavy atom. The summed E-state index contributed by atoms with van der Waals surface area (Å²) in [5.74, 6) is 0.994. The van der Waals surface area contributed by atoms with Gasteiger partial charge in [-0.25, -0.2) is 4.79 Å². The molecular weight excluding hydrogens is 471 g/mol. The molecule has 2 aliphatic carbocycles. The first-order valence-electron chi connectivity index (χ1n) is 12.1. The van der Waals surface area contributed by atoms with E-state index >= 15 is 0 Å². The van der Waals surface area contributed by atoms with Crippen LogP contribution in [0.25, 0.3) is 22.2 Å². The standard InChI is InChI=1S/C27H26F3N3O3/c1-16(18-4-5-18)36-26(34)32-20-8-6-19(7-9-20)25-23(13-31)22-11-10-21(35-15-27(28,29)30)12-24(22)33(25)14-17-2-3-17/h6-12,16-18H,2-5,14-15H2,1H3,(H,32,34)/t16-/m1/s1. The molecule has 3 aromatic rings. The summed E-state index contributed by atoms with van der Waals surface area (Å²) in [5.41, 5.74) is 3.15. The Balaban J connectivity index is 1.45. The largest absolute Gasteiger partial charge is 0.484 e. The Morgan fingerprint density at radius 2 is 1.89 bits per heavy atom. The number of hydrogen-bond acceptors (Lipinski definition) is 4. The van der Waals surface area contributed by atoms with Crippen molar-refractivity contribution in [2.45, 2.75) is 51.4 Å². The molecule has 188 valence electrons. The van der Waals surface area contributed by atoms with Gasteiger partial charge in [0.15, 0.2) is 6.61 Å². The van der Waals surface area contributed by atoms with Crippen LogP contribution < -0.4 is 10.1 Å². The molecule has 0 saturated heterocycles. The van der Waals surface area contributed by atoms with Crippen molar-refractivity contribution < 1.29 is 27.4 Å². The fraction of sp³-hybridized carbons (Fsp3) is 0.407. The van der Waals surface area contributed by atoms with E-state index in [1.165, 1.54) is 6.07 Å². The minimum atomic E-state index is -4.44. The number of halogens is 3. The maximum Gasteiger partial charge on any atom is 0.422 e. The molecule has 1 amide bonds. The number of anilines is 1. The number of carbonyl (C=O) groups excluding carboxylic acids is 1. The van der Waals surface area contributed by atoms with Gasteiger partial charge in [-0.2, -0.15) is 18.4 Å². The van der Waals surface area contributed by atoms with Gasteiger partial charge in [0.2, 0.25) is 0 Å². The molecule has 9 heteroatoms. The Bertz CT molecular complexity index is 1320. The van der Waals surface area contributed by atoms with Crippen molar-refractivity contribution in [2.24, 2.45) is 11.8 Å². The Kier molecular flexibility index (Phi) is 6.29. The molecule has 0 spiro atoms. The van der Waals surface area contributed by atoms with Gasteiger partial charge in [-0.05, 0) is 74.3 Å². The molecule has 1 atom stereocenters. The highest BCUT2D eigenvalue weighted by Crippen LogP contribution is 2.40. The molecule has 6 nitrogen and oxygen atoms in total. The second-order valence-electron chi connectivity index (χ2n) is 9.62. The number of nitrogens with one attached hydrogen (secondary N) is 1. The Labute approximate surface area is 206 Å². The lowest BCUT2D eigenvalue weighted by Gasteiger charge is -2.14. The van der Waals surface area contributed by atoms with E-state index in [-0.39, 0.29) is 11.9 Å². The summed E-state index contributed by atoms with van der Waals surface area (Å²) < 4.78 is 50.4. The summed E-state index contributed by atoms with van der Waals surface area (Å²) in [6.45, 7) is 1.17. The number of aromatic nitrogens is 1. The lowest BCUT2D eigenvalue weighted by Crippen LogP contribution is -2.21. The fourth-order valence-corrected chi connectivity index (χ4v) is 4.44. The highest BCUT2D eigenvalue weighted by Gasteiger charge is 2.31. The Morgan fingerprint density at radius 3 is 2.50 bits per heavy atom. The van der Waals surface area contributed by atoms with Gasteiger partial charge in [0, 0.05) is 23.7 Å². The molecule has 2 aliphatic rings. The molecule has 5 rings (SSSR count). The van der Waals surface area contributed by atoms with Gasteiger partial charge < -0.3 is 14.0 Å².